The fourth-order valence-corrected chi connectivity index (χ4v) is 4.68. The van der Waals surface area contributed by atoms with E-state index in [4.69, 9.17) is 4.99 Å². The van der Waals surface area contributed by atoms with E-state index in [9.17, 15) is 0 Å². The molecule has 0 aromatic carbocycles. The Morgan fingerprint density at radius 3 is 2.68 bits per heavy atom. The quantitative estimate of drug-likeness (QED) is 0.714. The molecule has 1 aliphatic heterocycles. The molecule has 0 atom stereocenters. The normalized spacial score (nSPS) is 21.6. The van der Waals surface area contributed by atoms with E-state index in [2.05, 4.69) is 11.6 Å². The predicted octanol–water partition coefficient (Wildman–Crippen LogP) is 4.16. The van der Waals surface area contributed by atoms with Crippen LogP contribution in [0.5, 0.6) is 0 Å². The van der Waals surface area contributed by atoms with Gasteiger partial charge < -0.3 is 5.32 Å². The van der Waals surface area contributed by atoms with Crippen molar-refractivity contribution in [1.29, 1.82) is 0 Å². The van der Waals surface area contributed by atoms with Crippen LogP contribution >= 0.6 is 23.5 Å². The predicted molar refractivity (Wildman–Crippen MR) is 90.5 cm³/mol. The Hall–Kier alpha value is 0.170. The molecule has 19 heavy (non-hydrogen) atoms. The van der Waals surface area contributed by atoms with Crippen molar-refractivity contribution < 1.29 is 0 Å². The number of thioether (sulfide) groups is 2. The maximum Gasteiger partial charge on any atom is 0.156 e. The second-order valence-electron chi connectivity index (χ2n) is 5.95. The third kappa shape index (κ3) is 5.22. The average Bonchev–Trinajstić information content (AvgIpc) is 2.89. The van der Waals surface area contributed by atoms with Crippen LogP contribution in [0.25, 0.3) is 0 Å². The van der Waals surface area contributed by atoms with E-state index in [1.54, 1.807) is 0 Å². The molecule has 1 saturated carbocycles. The number of unbranched alkanes of at least 4 members (excludes halogenated alkanes) is 3. The number of nitrogens with zero attached hydrogens (tertiary/aromatic N) is 1. The monoisotopic (exact) mass is 300 g/mol. The lowest BCUT2D eigenvalue weighted by atomic mass is 9.89. The van der Waals surface area contributed by atoms with Gasteiger partial charge in [0.25, 0.3) is 0 Å². The molecule has 110 valence electrons. The Balaban J connectivity index is 1.53. The van der Waals surface area contributed by atoms with Gasteiger partial charge in [-0.15, -0.1) is 0 Å². The summed E-state index contributed by atoms with van der Waals surface area (Å²) in [6.07, 6.45) is 13.3. The van der Waals surface area contributed by atoms with Crippen LogP contribution in [0.1, 0.15) is 51.4 Å². The zero-order valence-corrected chi connectivity index (χ0v) is 13.9. The van der Waals surface area contributed by atoms with Crippen LogP contribution in [0.2, 0.25) is 0 Å². The lowest BCUT2D eigenvalue weighted by molar-refractivity contribution is 0.358. The Bertz CT molecular complexity index is 286. The molecule has 0 amide bonds. The smallest absolute Gasteiger partial charge is 0.156 e. The number of rotatable bonds is 7. The summed E-state index contributed by atoms with van der Waals surface area (Å²) in [5, 5.41) is 4.74. The highest BCUT2D eigenvalue weighted by Crippen LogP contribution is 2.43. The molecular formula is C15H28N2S2. The summed E-state index contributed by atoms with van der Waals surface area (Å²) in [4.78, 5) is 4.78. The number of hydrogen-bond acceptors (Lipinski definition) is 4. The Morgan fingerprint density at radius 1 is 1.21 bits per heavy atom. The van der Waals surface area contributed by atoms with Gasteiger partial charge in [-0.3, -0.25) is 4.99 Å². The van der Waals surface area contributed by atoms with Crippen molar-refractivity contribution in [3.63, 3.8) is 0 Å². The molecule has 1 fully saturated rings. The molecule has 0 aromatic rings. The van der Waals surface area contributed by atoms with Crippen LogP contribution in [-0.4, -0.2) is 36.0 Å². The molecule has 1 N–H and O–H groups in total. The molecule has 0 saturated heterocycles. The van der Waals surface area contributed by atoms with E-state index in [1.807, 2.05) is 23.5 Å². The summed E-state index contributed by atoms with van der Waals surface area (Å²) < 4.78 is 0. The van der Waals surface area contributed by atoms with Crippen molar-refractivity contribution in [2.75, 3.05) is 30.9 Å². The zero-order valence-electron chi connectivity index (χ0n) is 12.2. The molecule has 4 heteroatoms. The van der Waals surface area contributed by atoms with Crippen molar-refractivity contribution in [2.24, 2.45) is 10.4 Å². The molecule has 2 nitrogen and oxygen atoms in total. The highest BCUT2D eigenvalue weighted by Gasteiger charge is 2.36. The van der Waals surface area contributed by atoms with Crippen molar-refractivity contribution >= 4 is 28.7 Å². The Labute approximate surface area is 127 Å². The van der Waals surface area contributed by atoms with Crippen molar-refractivity contribution in [2.45, 2.75) is 51.4 Å². The van der Waals surface area contributed by atoms with Gasteiger partial charge in [0.15, 0.2) is 5.17 Å². The molecule has 0 bridgehead atoms. The SMILES string of the molecule is CSCCCCCCNC1=NCC2(CCCC2)CS1. The van der Waals surface area contributed by atoms with E-state index in [-0.39, 0.29) is 0 Å². The van der Waals surface area contributed by atoms with Crippen molar-refractivity contribution in [3.05, 3.63) is 0 Å². The van der Waals surface area contributed by atoms with Gasteiger partial charge in [-0.25, -0.2) is 0 Å². The summed E-state index contributed by atoms with van der Waals surface area (Å²) in [7, 11) is 0. The summed E-state index contributed by atoms with van der Waals surface area (Å²) in [6.45, 7) is 2.19. The molecule has 1 aliphatic carbocycles. The number of hydrogen-bond donors (Lipinski definition) is 1. The Kier molecular flexibility index (Phi) is 6.92. The number of aliphatic imine (C=N–C) groups is 1. The molecule has 2 rings (SSSR count). The van der Waals surface area contributed by atoms with E-state index in [0.717, 1.165) is 13.1 Å². The van der Waals surface area contributed by atoms with Crippen molar-refractivity contribution in [1.82, 2.24) is 5.32 Å². The first-order chi connectivity index (χ1) is 9.35. The van der Waals surface area contributed by atoms with E-state index < -0.39 is 0 Å². The fourth-order valence-electron chi connectivity index (χ4n) is 3.01. The van der Waals surface area contributed by atoms with Gasteiger partial charge in [0.1, 0.15) is 0 Å². The van der Waals surface area contributed by atoms with Gasteiger partial charge in [0.2, 0.25) is 0 Å². The minimum atomic E-state index is 0.577. The third-order valence-corrected chi connectivity index (χ3v) is 6.29. The van der Waals surface area contributed by atoms with Crippen molar-refractivity contribution in [3.8, 4) is 0 Å². The summed E-state index contributed by atoms with van der Waals surface area (Å²) in [5.41, 5.74) is 0.577. The van der Waals surface area contributed by atoms with E-state index in [1.165, 1.54) is 68.0 Å². The molecular weight excluding hydrogens is 272 g/mol. The van der Waals surface area contributed by atoms with Gasteiger partial charge in [-0.2, -0.15) is 11.8 Å². The van der Waals surface area contributed by atoms with Crippen LogP contribution in [-0.2, 0) is 0 Å². The first-order valence-electron chi connectivity index (χ1n) is 7.75. The lowest BCUT2D eigenvalue weighted by Crippen LogP contribution is -2.33. The van der Waals surface area contributed by atoms with Gasteiger partial charge in [0, 0.05) is 18.8 Å². The largest absolute Gasteiger partial charge is 0.365 e. The minimum absolute atomic E-state index is 0.577. The minimum Gasteiger partial charge on any atom is -0.365 e. The summed E-state index contributed by atoms with van der Waals surface area (Å²) in [6, 6.07) is 0. The molecule has 0 radical (unpaired) electrons. The van der Waals surface area contributed by atoms with Gasteiger partial charge in [-0.1, -0.05) is 37.4 Å². The molecule has 2 aliphatic rings. The standard InChI is InChI=1S/C15H28N2S2/c1-18-11-7-3-2-6-10-16-14-17-12-15(13-19-14)8-4-5-9-15/h2-13H2,1H3,(H,16,17). The highest BCUT2D eigenvalue weighted by atomic mass is 32.2. The second kappa shape index (κ2) is 8.46. The highest BCUT2D eigenvalue weighted by molar-refractivity contribution is 8.13. The molecule has 1 heterocycles. The average molecular weight is 301 g/mol. The molecule has 0 unspecified atom stereocenters. The zero-order chi connectivity index (χ0) is 13.4. The van der Waals surface area contributed by atoms with E-state index in [0.29, 0.717) is 5.41 Å². The van der Waals surface area contributed by atoms with Crippen LogP contribution in [0.3, 0.4) is 0 Å². The first kappa shape index (κ1) is 15.6. The van der Waals surface area contributed by atoms with Crippen LogP contribution in [0.4, 0.5) is 0 Å². The number of amidine groups is 1. The van der Waals surface area contributed by atoms with Crippen LogP contribution in [0.15, 0.2) is 4.99 Å². The van der Waals surface area contributed by atoms with Gasteiger partial charge >= 0.3 is 0 Å². The maximum absolute atomic E-state index is 4.78. The molecule has 0 aromatic heterocycles. The Morgan fingerprint density at radius 2 is 2.00 bits per heavy atom. The third-order valence-electron chi connectivity index (χ3n) is 4.29. The van der Waals surface area contributed by atoms with Crippen LogP contribution < -0.4 is 5.32 Å². The summed E-state index contributed by atoms with van der Waals surface area (Å²) in [5.74, 6) is 2.62. The topological polar surface area (TPSA) is 24.4 Å². The molecule has 1 spiro atoms. The summed E-state index contributed by atoms with van der Waals surface area (Å²) >= 11 is 3.93. The second-order valence-corrected chi connectivity index (χ2v) is 7.90. The van der Waals surface area contributed by atoms with Crippen LogP contribution in [0, 0.1) is 5.41 Å². The van der Waals surface area contributed by atoms with Gasteiger partial charge in [0.05, 0.1) is 0 Å². The first-order valence-corrected chi connectivity index (χ1v) is 10.1. The van der Waals surface area contributed by atoms with E-state index >= 15 is 0 Å². The lowest BCUT2D eigenvalue weighted by Gasteiger charge is -2.31. The van der Waals surface area contributed by atoms with Gasteiger partial charge in [-0.05, 0) is 43.1 Å². The number of nitrogens with one attached hydrogen (secondary N) is 1. The fraction of sp³-hybridized carbons (Fsp3) is 0.933. The maximum atomic E-state index is 4.78.